The van der Waals surface area contributed by atoms with Gasteiger partial charge in [-0.2, -0.15) is 4.31 Å². The summed E-state index contributed by atoms with van der Waals surface area (Å²) in [7, 11) is -2.72. The number of hydrogen-bond acceptors (Lipinski definition) is 8. The van der Waals surface area contributed by atoms with E-state index in [0.29, 0.717) is 31.8 Å². The first-order valence-corrected chi connectivity index (χ1v) is 15.4. The molecule has 9 nitrogen and oxygen atoms in total. The number of carbonyl (C=O) groups is 1. The summed E-state index contributed by atoms with van der Waals surface area (Å²) < 4.78 is 65.2. The summed E-state index contributed by atoms with van der Waals surface area (Å²) >= 11 is 0. The third kappa shape index (κ3) is 8.48. The van der Waals surface area contributed by atoms with Crippen molar-refractivity contribution in [2.75, 3.05) is 33.4 Å². The summed E-state index contributed by atoms with van der Waals surface area (Å²) in [5.74, 6) is -0.737. The molecule has 226 valence electrons. The zero-order chi connectivity index (χ0) is 29.6. The van der Waals surface area contributed by atoms with E-state index in [1.807, 2.05) is 30.3 Å². The van der Waals surface area contributed by atoms with Crippen molar-refractivity contribution < 1.29 is 41.7 Å². The topological polar surface area (TPSA) is 112 Å². The van der Waals surface area contributed by atoms with Crippen molar-refractivity contribution in [2.45, 2.75) is 68.6 Å². The highest BCUT2D eigenvalue weighted by Gasteiger charge is 2.41. The van der Waals surface area contributed by atoms with Gasteiger partial charge in [0.1, 0.15) is 17.5 Å². The molecule has 0 spiro atoms. The smallest absolute Gasteiger partial charge is 0.306 e. The van der Waals surface area contributed by atoms with E-state index < -0.39 is 46.8 Å². The third-order valence-electron chi connectivity index (χ3n) is 7.48. The third-order valence-corrected chi connectivity index (χ3v) is 9.31. The van der Waals surface area contributed by atoms with Gasteiger partial charge in [-0.3, -0.25) is 4.79 Å². The Morgan fingerprint density at radius 1 is 1.10 bits per heavy atom. The van der Waals surface area contributed by atoms with Gasteiger partial charge in [0.15, 0.2) is 6.29 Å². The summed E-state index contributed by atoms with van der Waals surface area (Å²) in [6.45, 7) is 2.65. The van der Waals surface area contributed by atoms with Crippen LogP contribution in [0.2, 0.25) is 0 Å². The number of rotatable bonds is 13. The van der Waals surface area contributed by atoms with Crippen LogP contribution in [0.5, 0.6) is 5.75 Å². The van der Waals surface area contributed by atoms with Gasteiger partial charge in [0.05, 0.1) is 37.7 Å². The van der Waals surface area contributed by atoms with Gasteiger partial charge in [-0.1, -0.05) is 30.3 Å². The van der Waals surface area contributed by atoms with Gasteiger partial charge in [-0.25, -0.2) is 12.8 Å². The molecule has 0 aromatic heterocycles. The van der Waals surface area contributed by atoms with E-state index in [0.717, 1.165) is 16.3 Å². The lowest BCUT2D eigenvalue weighted by atomic mass is 9.90. The summed E-state index contributed by atoms with van der Waals surface area (Å²) in [5.41, 5.74) is -1.01. The molecule has 41 heavy (non-hydrogen) atoms. The SMILES string of the molecule is COc1ccc(S(=O)(=O)N(C[C@@H](O)[C@@H](CC(=O)O[C@H]2CCO[C@H]3OCC[C@H]32)Cc2ccccc2)CC(C)(C)F)cc1. The number of aliphatic hydroxyl groups is 1. The number of benzene rings is 2. The molecule has 4 rings (SSSR count). The minimum atomic E-state index is -4.19. The molecule has 0 unspecified atom stereocenters. The van der Waals surface area contributed by atoms with Crippen LogP contribution in [0.25, 0.3) is 0 Å². The molecule has 0 saturated carbocycles. The zero-order valence-corrected chi connectivity index (χ0v) is 24.6. The van der Waals surface area contributed by atoms with Gasteiger partial charge < -0.3 is 24.1 Å². The Kier molecular flexibility index (Phi) is 10.4. The number of sulfonamides is 1. The Hall–Kier alpha value is -2.57. The van der Waals surface area contributed by atoms with Crippen molar-refractivity contribution >= 4 is 16.0 Å². The fourth-order valence-corrected chi connectivity index (χ4v) is 6.99. The summed E-state index contributed by atoms with van der Waals surface area (Å²) in [4.78, 5) is 13.1. The Balaban J connectivity index is 1.53. The number of hydrogen-bond donors (Lipinski definition) is 1. The van der Waals surface area contributed by atoms with E-state index >= 15 is 0 Å². The summed E-state index contributed by atoms with van der Waals surface area (Å²) in [5, 5.41) is 11.4. The van der Waals surface area contributed by atoms with Crippen LogP contribution >= 0.6 is 0 Å². The highest BCUT2D eigenvalue weighted by atomic mass is 32.2. The first-order valence-electron chi connectivity index (χ1n) is 13.9. The Bertz CT molecular complexity index is 1240. The number of fused-ring (bicyclic) bond motifs is 1. The molecule has 5 atom stereocenters. The molecular weight excluding hydrogens is 553 g/mol. The molecule has 0 bridgehead atoms. The molecule has 2 fully saturated rings. The van der Waals surface area contributed by atoms with E-state index in [2.05, 4.69) is 0 Å². The van der Waals surface area contributed by atoms with Crippen LogP contribution in [0.15, 0.2) is 59.5 Å². The van der Waals surface area contributed by atoms with E-state index in [-0.39, 0.29) is 29.6 Å². The van der Waals surface area contributed by atoms with Crippen molar-refractivity contribution in [1.29, 1.82) is 0 Å². The van der Waals surface area contributed by atoms with Gasteiger partial charge in [0.2, 0.25) is 10.0 Å². The maximum Gasteiger partial charge on any atom is 0.306 e. The maximum atomic E-state index is 14.9. The molecule has 2 saturated heterocycles. The van der Waals surface area contributed by atoms with E-state index in [1.165, 1.54) is 45.2 Å². The lowest BCUT2D eigenvalue weighted by Crippen LogP contribution is -2.46. The van der Waals surface area contributed by atoms with Crippen molar-refractivity contribution in [2.24, 2.45) is 11.8 Å². The average Bonchev–Trinajstić information content (AvgIpc) is 3.42. The summed E-state index contributed by atoms with van der Waals surface area (Å²) in [6.07, 6.45) is -0.561. The van der Waals surface area contributed by atoms with E-state index in [1.54, 1.807) is 0 Å². The van der Waals surface area contributed by atoms with Crippen LogP contribution in [0, 0.1) is 11.8 Å². The Morgan fingerprint density at radius 2 is 1.76 bits per heavy atom. The van der Waals surface area contributed by atoms with Crippen LogP contribution in [0.3, 0.4) is 0 Å². The molecule has 2 aromatic carbocycles. The fraction of sp³-hybridized carbons (Fsp3) is 0.567. The lowest BCUT2D eigenvalue weighted by molar-refractivity contribution is -0.195. The molecule has 1 N–H and O–H groups in total. The number of carbonyl (C=O) groups excluding carboxylic acids is 1. The highest BCUT2D eigenvalue weighted by Crippen LogP contribution is 2.33. The second-order valence-corrected chi connectivity index (χ2v) is 13.2. The van der Waals surface area contributed by atoms with Crippen LogP contribution in [0.4, 0.5) is 4.39 Å². The minimum absolute atomic E-state index is 0.0397. The second kappa shape index (κ2) is 13.6. The average molecular weight is 594 g/mol. The van der Waals surface area contributed by atoms with Gasteiger partial charge in [-0.15, -0.1) is 0 Å². The van der Waals surface area contributed by atoms with Gasteiger partial charge in [0.25, 0.3) is 0 Å². The predicted octanol–water partition coefficient (Wildman–Crippen LogP) is 3.74. The fourth-order valence-electron chi connectivity index (χ4n) is 5.39. The molecule has 2 aliphatic rings. The van der Waals surface area contributed by atoms with Crippen molar-refractivity contribution in [3.63, 3.8) is 0 Å². The first-order chi connectivity index (χ1) is 19.5. The van der Waals surface area contributed by atoms with E-state index in [4.69, 9.17) is 18.9 Å². The second-order valence-electron chi connectivity index (χ2n) is 11.3. The quantitative estimate of drug-likeness (QED) is 0.350. The van der Waals surface area contributed by atoms with Crippen molar-refractivity contribution in [3.8, 4) is 5.75 Å². The number of ether oxygens (including phenoxy) is 4. The monoisotopic (exact) mass is 593 g/mol. The molecule has 2 aliphatic heterocycles. The van der Waals surface area contributed by atoms with Gasteiger partial charge >= 0.3 is 5.97 Å². The number of esters is 1. The molecule has 0 amide bonds. The van der Waals surface area contributed by atoms with Crippen LogP contribution in [0.1, 0.15) is 38.7 Å². The predicted molar refractivity (Wildman–Crippen MR) is 149 cm³/mol. The molecule has 2 aromatic rings. The highest BCUT2D eigenvalue weighted by molar-refractivity contribution is 7.89. The molecule has 2 heterocycles. The van der Waals surface area contributed by atoms with Crippen molar-refractivity contribution in [1.82, 2.24) is 4.31 Å². The maximum absolute atomic E-state index is 14.9. The van der Waals surface area contributed by atoms with Crippen LogP contribution < -0.4 is 4.74 Å². The molecule has 0 radical (unpaired) electrons. The standard InChI is InChI=1S/C30H40FNO8S/c1-30(2,31)20-32(41(35,36)24-11-9-23(37-3)10-12-24)19-26(33)22(17-21-7-5-4-6-8-21)18-28(34)40-27-14-16-39-29-25(27)13-15-38-29/h4-12,22,25-27,29,33H,13-20H2,1-3H3/t22-,25+,26-,27+,29-/m1/s1. The number of aliphatic hydroxyl groups excluding tert-OH is 1. The van der Waals surface area contributed by atoms with E-state index in [9.17, 15) is 22.7 Å². The first kappa shape index (κ1) is 31.4. The minimum Gasteiger partial charge on any atom is -0.497 e. The Labute approximate surface area is 241 Å². The zero-order valence-electron chi connectivity index (χ0n) is 23.8. The number of halogens is 1. The molecule has 11 heteroatoms. The number of nitrogens with zero attached hydrogens (tertiary/aromatic N) is 1. The van der Waals surface area contributed by atoms with Crippen molar-refractivity contribution in [3.05, 3.63) is 60.2 Å². The van der Waals surface area contributed by atoms with Gasteiger partial charge in [0, 0.05) is 31.3 Å². The molecular formula is C30H40FNO8S. The Morgan fingerprint density at radius 3 is 2.39 bits per heavy atom. The number of alkyl halides is 1. The normalized spacial score (nSPS) is 22.6. The number of methoxy groups -OCH3 is 1. The van der Waals surface area contributed by atoms with Crippen LogP contribution in [-0.4, -0.2) is 81.4 Å². The van der Waals surface area contributed by atoms with Crippen LogP contribution in [-0.2, 0) is 35.4 Å². The summed E-state index contributed by atoms with van der Waals surface area (Å²) in [6, 6.07) is 15.1. The van der Waals surface area contributed by atoms with Gasteiger partial charge in [-0.05, 0) is 56.5 Å². The molecule has 0 aliphatic carbocycles. The lowest BCUT2D eigenvalue weighted by Gasteiger charge is -2.33. The largest absolute Gasteiger partial charge is 0.497 e.